The van der Waals surface area contributed by atoms with Gasteiger partial charge in [0.15, 0.2) is 0 Å². The summed E-state index contributed by atoms with van der Waals surface area (Å²) in [6.07, 6.45) is 2.15. The number of piperidine rings is 1. The van der Waals surface area contributed by atoms with E-state index in [0.29, 0.717) is 13.0 Å². The van der Waals surface area contributed by atoms with Gasteiger partial charge in [-0.25, -0.2) is 8.78 Å². The summed E-state index contributed by atoms with van der Waals surface area (Å²) in [5, 5.41) is 2.87. The number of nitrogens with one attached hydrogen (secondary N) is 1. The quantitative estimate of drug-likeness (QED) is 0.909. The number of nitrogens with zero attached hydrogens (tertiary/aromatic N) is 1. The number of carbonyl (C=O) groups excluding carboxylic acids is 2. The van der Waals surface area contributed by atoms with Crippen LogP contribution in [0.25, 0.3) is 0 Å². The van der Waals surface area contributed by atoms with Crippen molar-refractivity contribution in [2.45, 2.75) is 51.6 Å². The van der Waals surface area contributed by atoms with E-state index in [2.05, 4.69) is 5.32 Å². The minimum Gasteiger partial charge on any atom is -0.350 e. The van der Waals surface area contributed by atoms with Gasteiger partial charge in [0.05, 0.1) is 0 Å². The van der Waals surface area contributed by atoms with Gasteiger partial charge >= 0.3 is 0 Å². The van der Waals surface area contributed by atoms with Crippen LogP contribution in [-0.2, 0) is 4.79 Å². The lowest BCUT2D eigenvalue weighted by molar-refractivity contribution is -0.128. The van der Waals surface area contributed by atoms with E-state index in [1.165, 1.54) is 4.90 Å². The highest BCUT2D eigenvalue weighted by Gasteiger charge is 2.34. The monoisotopic (exact) mass is 324 g/mol. The predicted octanol–water partition coefficient (Wildman–Crippen LogP) is 2.87. The Morgan fingerprint density at radius 3 is 2.30 bits per heavy atom. The van der Waals surface area contributed by atoms with Crippen molar-refractivity contribution in [3.05, 3.63) is 35.4 Å². The number of benzene rings is 1. The van der Waals surface area contributed by atoms with Gasteiger partial charge in [-0.3, -0.25) is 9.59 Å². The molecule has 0 spiro atoms. The summed E-state index contributed by atoms with van der Waals surface area (Å²) in [6, 6.07) is 2.11. The van der Waals surface area contributed by atoms with Crippen LogP contribution in [0, 0.1) is 11.6 Å². The average Bonchev–Trinajstić information content (AvgIpc) is 2.43. The number of likely N-dealkylation sites (tertiary alicyclic amines) is 1. The van der Waals surface area contributed by atoms with E-state index in [4.69, 9.17) is 0 Å². The van der Waals surface area contributed by atoms with Gasteiger partial charge in [-0.2, -0.15) is 0 Å². The molecule has 2 amide bonds. The van der Waals surface area contributed by atoms with E-state index in [1.54, 1.807) is 0 Å². The number of hydrogen-bond donors (Lipinski definition) is 1. The molecule has 1 unspecified atom stereocenters. The molecule has 0 bridgehead atoms. The first-order chi connectivity index (χ1) is 10.7. The molecule has 0 aromatic heterocycles. The van der Waals surface area contributed by atoms with Crippen LogP contribution in [0.3, 0.4) is 0 Å². The molecule has 0 saturated carbocycles. The van der Waals surface area contributed by atoms with Crippen molar-refractivity contribution >= 4 is 11.8 Å². The van der Waals surface area contributed by atoms with E-state index in [0.717, 1.165) is 31.0 Å². The lowest BCUT2D eigenvalue weighted by Gasteiger charge is -2.36. The van der Waals surface area contributed by atoms with Crippen molar-refractivity contribution in [1.82, 2.24) is 10.2 Å². The average molecular weight is 324 g/mol. The Bertz CT molecular complexity index is 591. The molecule has 126 valence electrons. The van der Waals surface area contributed by atoms with Crippen LogP contribution in [0.5, 0.6) is 0 Å². The van der Waals surface area contributed by atoms with Crippen LogP contribution in [0.15, 0.2) is 18.2 Å². The summed E-state index contributed by atoms with van der Waals surface area (Å²) in [5.41, 5.74) is -0.480. The maximum Gasteiger partial charge on any atom is 0.254 e. The largest absolute Gasteiger partial charge is 0.350 e. The highest BCUT2D eigenvalue weighted by atomic mass is 19.1. The van der Waals surface area contributed by atoms with Crippen molar-refractivity contribution in [2.24, 2.45) is 0 Å². The predicted molar refractivity (Wildman–Crippen MR) is 82.9 cm³/mol. The molecule has 1 aromatic rings. The first kappa shape index (κ1) is 17.4. The standard InChI is InChI=1S/C17H22F2N2O2/c1-17(2,3)20-15(22)14-6-4-5-7-21(14)16(23)11-8-12(18)10-13(19)9-11/h8-10,14H,4-7H2,1-3H3,(H,20,22). The number of rotatable bonds is 2. The zero-order chi connectivity index (χ0) is 17.2. The van der Waals surface area contributed by atoms with Gasteiger partial charge < -0.3 is 10.2 Å². The summed E-state index contributed by atoms with van der Waals surface area (Å²) in [6.45, 7) is 5.99. The fourth-order valence-corrected chi connectivity index (χ4v) is 2.74. The molecule has 2 rings (SSSR count). The molecule has 1 fully saturated rings. The van der Waals surface area contributed by atoms with Crippen LogP contribution in [-0.4, -0.2) is 34.8 Å². The maximum absolute atomic E-state index is 13.3. The minimum absolute atomic E-state index is 0.0713. The Morgan fingerprint density at radius 2 is 1.74 bits per heavy atom. The van der Waals surface area contributed by atoms with Crippen molar-refractivity contribution in [3.8, 4) is 0 Å². The van der Waals surface area contributed by atoms with Gasteiger partial charge in [0.1, 0.15) is 17.7 Å². The van der Waals surface area contributed by atoms with Crippen LogP contribution < -0.4 is 5.32 Å². The second-order valence-electron chi connectivity index (χ2n) is 6.91. The zero-order valence-electron chi connectivity index (χ0n) is 13.7. The molecular formula is C17H22F2N2O2. The second-order valence-corrected chi connectivity index (χ2v) is 6.91. The number of hydrogen-bond acceptors (Lipinski definition) is 2. The third kappa shape index (κ3) is 4.50. The van der Waals surface area contributed by atoms with Crippen LogP contribution in [0.2, 0.25) is 0 Å². The molecule has 1 aliphatic rings. The lowest BCUT2D eigenvalue weighted by Crippen LogP contribution is -2.55. The molecule has 1 saturated heterocycles. The van der Waals surface area contributed by atoms with Gasteiger partial charge in [0.25, 0.3) is 5.91 Å². The van der Waals surface area contributed by atoms with Crippen LogP contribution in [0.1, 0.15) is 50.4 Å². The minimum atomic E-state index is -0.805. The van der Waals surface area contributed by atoms with Crippen molar-refractivity contribution < 1.29 is 18.4 Å². The van der Waals surface area contributed by atoms with Crippen molar-refractivity contribution in [3.63, 3.8) is 0 Å². The third-order valence-electron chi connectivity index (χ3n) is 3.67. The Hall–Kier alpha value is -1.98. The summed E-state index contributed by atoms with van der Waals surface area (Å²) in [5.74, 6) is -2.36. The normalized spacial score (nSPS) is 18.7. The van der Waals surface area contributed by atoms with Gasteiger partial charge in [-0.15, -0.1) is 0 Å². The third-order valence-corrected chi connectivity index (χ3v) is 3.67. The Kier molecular flexibility index (Phi) is 5.02. The second kappa shape index (κ2) is 6.64. The molecule has 23 heavy (non-hydrogen) atoms. The Morgan fingerprint density at radius 1 is 1.13 bits per heavy atom. The summed E-state index contributed by atoms with van der Waals surface area (Å²) in [7, 11) is 0. The van der Waals surface area contributed by atoms with Gasteiger partial charge in [0.2, 0.25) is 5.91 Å². The topological polar surface area (TPSA) is 49.4 Å². The lowest BCUT2D eigenvalue weighted by atomic mass is 9.98. The fourth-order valence-electron chi connectivity index (χ4n) is 2.74. The Labute approximate surface area is 134 Å². The molecule has 1 aromatic carbocycles. The molecule has 1 atom stereocenters. The van der Waals surface area contributed by atoms with Gasteiger partial charge in [-0.05, 0) is 52.2 Å². The number of carbonyl (C=O) groups is 2. The highest BCUT2D eigenvalue weighted by Crippen LogP contribution is 2.21. The smallest absolute Gasteiger partial charge is 0.254 e. The SMILES string of the molecule is CC(C)(C)NC(=O)C1CCCCN1C(=O)c1cc(F)cc(F)c1. The van der Waals surface area contributed by atoms with E-state index in [-0.39, 0.29) is 11.5 Å². The van der Waals surface area contributed by atoms with Gasteiger partial charge in [-0.1, -0.05) is 0 Å². The van der Waals surface area contributed by atoms with Crippen LogP contribution in [0.4, 0.5) is 8.78 Å². The molecule has 6 heteroatoms. The number of halogens is 2. The van der Waals surface area contributed by atoms with E-state index in [9.17, 15) is 18.4 Å². The van der Waals surface area contributed by atoms with Crippen molar-refractivity contribution in [1.29, 1.82) is 0 Å². The summed E-state index contributed by atoms with van der Waals surface area (Å²) in [4.78, 5) is 26.5. The Balaban J connectivity index is 2.23. The van der Waals surface area contributed by atoms with Crippen molar-refractivity contribution in [2.75, 3.05) is 6.54 Å². The molecule has 0 aliphatic carbocycles. The molecule has 1 heterocycles. The molecule has 4 nitrogen and oxygen atoms in total. The molecular weight excluding hydrogens is 302 g/mol. The zero-order valence-corrected chi connectivity index (χ0v) is 13.7. The highest BCUT2D eigenvalue weighted by molar-refractivity contribution is 5.97. The van der Waals surface area contributed by atoms with E-state index in [1.807, 2.05) is 20.8 Å². The van der Waals surface area contributed by atoms with Crippen LogP contribution >= 0.6 is 0 Å². The first-order valence-corrected chi connectivity index (χ1v) is 7.76. The van der Waals surface area contributed by atoms with Gasteiger partial charge in [0, 0.05) is 23.7 Å². The molecule has 1 aliphatic heterocycles. The van der Waals surface area contributed by atoms with E-state index < -0.39 is 29.1 Å². The molecule has 0 radical (unpaired) electrons. The number of amides is 2. The summed E-state index contributed by atoms with van der Waals surface area (Å²) < 4.78 is 26.7. The molecule has 1 N–H and O–H groups in total. The summed E-state index contributed by atoms with van der Waals surface area (Å²) >= 11 is 0. The van der Waals surface area contributed by atoms with E-state index >= 15 is 0 Å². The maximum atomic E-state index is 13.3. The fraction of sp³-hybridized carbons (Fsp3) is 0.529. The first-order valence-electron chi connectivity index (χ1n) is 7.76.